The van der Waals surface area contributed by atoms with Crippen molar-refractivity contribution in [2.24, 2.45) is 7.05 Å². The number of hydrogen-bond acceptors (Lipinski definition) is 4. The van der Waals surface area contributed by atoms with E-state index in [4.69, 9.17) is 9.47 Å². The number of esters is 2. The molecule has 0 aromatic carbocycles. The maximum atomic E-state index is 11.6. The van der Waals surface area contributed by atoms with Crippen molar-refractivity contribution in [3.05, 3.63) is 36.2 Å². The Kier molecular flexibility index (Phi) is 4.71. The summed E-state index contributed by atoms with van der Waals surface area (Å²) in [7, 11) is 1.83. The lowest BCUT2D eigenvalue weighted by molar-refractivity contribution is -0.147. The number of aryl methyl sites for hydroxylation is 1. The van der Waals surface area contributed by atoms with E-state index in [1.165, 1.54) is 6.92 Å². The fourth-order valence-electron chi connectivity index (χ4n) is 1.52. The monoisotopic (exact) mass is 251 g/mol. The van der Waals surface area contributed by atoms with Gasteiger partial charge < -0.3 is 14.0 Å². The fourth-order valence-corrected chi connectivity index (χ4v) is 1.52. The van der Waals surface area contributed by atoms with E-state index in [9.17, 15) is 9.59 Å². The van der Waals surface area contributed by atoms with Crippen molar-refractivity contribution in [2.45, 2.75) is 20.0 Å². The number of carbonyl (C=O) groups is 2. The van der Waals surface area contributed by atoms with Crippen molar-refractivity contribution in [1.29, 1.82) is 0 Å². The first-order valence-electron chi connectivity index (χ1n) is 5.60. The van der Waals surface area contributed by atoms with E-state index < -0.39 is 18.0 Å². The first-order chi connectivity index (χ1) is 8.45. The Morgan fingerprint density at radius 1 is 1.50 bits per heavy atom. The highest BCUT2D eigenvalue weighted by molar-refractivity contribution is 5.89. The van der Waals surface area contributed by atoms with Crippen LogP contribution in [0.2, 0.25) is 0 Å². The Bertz CT molecular complexity index is 461. The standard InChI is InChI=1S/C13H17NO4/c1-5-17-13(16)9(2)12(18-10(3)15)11-6-7-14(4)8-11/h6-8,12H,2,5H2,1,3-4H3. The van der Waals surface area contributed by atoms with E-state index in [2.05, 4.69) is 6.58 Å². The number of carbonyl (C=O) groups excluding carboxylic acids is 2. The van der Waals surface area contributed by atoms with Gasteiger partial charge >= 0.3 is 11.9 Å². The van der Waals surface area contributed by atoms with Gasteiger partial charge in [0.2, 0.25) is 0 Å². The van der Waals surface area contributed by atoms with Gasteiger partial charge in [-0.15, -0.1) is 0 Å². The van der Waals surface area contributed by atoms with Gasteiger partial charge in [0.25, 0.3) is 0 Å². The maximum absolute atomic E-state index is 11.6. The second-order valence-corrected chi connectivity index (χ2v) is 3.85. The molecule has 1 aromatic heterocycles. The molecule has 0 saturated heterocycles. The molecule has 0 amide bonds. The van der Waals surface area contributed by atoms with E-state index in [0.29, 0.717) is 5.56 Å². The lowest BCUT2D eigenvalue weighted by atomic mass is 10.1. The average molecular weight is 251 g/mol. The average Bonchev–Trinajstić information content (AvgIpc) is 2.71. The normalized spacial score (nSPS) is 11.7. The van der Waals surface area contributed by atoms with E-state index in [0.717, 1.165) is 0 Å². The molecule has 0 saturated carbocycles. The molecular formula is C13H17NO4. The number of rotatable bonds is 5. The molecule has 0 bridgehead atoms. The molecule has 1 atom stereocenters. The Labute approximate surface area is 106 Å². The third-order valence-electron chi connectivity index (χ3n) is 2.30. The summed E-state index contributed by atoms with van der Waals surface area (Å²) in [5.41, 5.74) is 0.795. The summed E-state index contributed by atoms with van der Waals surface area (Å²) in [6.07, 6.45) is 2.75. The second-order valence-electron chi connectivity index (χ2n) is 3.85. The molecule has 5 heteroatoms. The van der Waals surface area contributed by atoms with Crippen molar-refractivity contribution in [3.8, 4) is 0 Å². The molecule has 0 radical (unpaired) electrons. The van der Waals surface area contributed by atoms with E-state index in [-0.39, 0.29) is 12.2 Å². The second kappa shape index (κ2) is 6.05. The van der Waals surface area contributed by atoms with Crippen molar-refractivity contribution in [2.75, 3.05) is 6.61 Å². The molecule has 5 nitrogen and oxygen atoms in total. The molecule has 1 aromatic rings. The van der Waals surface area contributed by atoms with Crippen LogP contribution in [0.15, 0.2) is 30.6 Å². The number of nitrogens with zero attached hydrogens (tertiary/aromatic N) is 1. The van der Waals surface area contributed by atoms with Gasteiger partial charge in [-0.3, -0.25) is 4.79 Å². The van der Waals surface area contributed by atoms with Gasteiger partial charge in [-0.25, -0.2) is 4.79 Å². The Hall–Kier alpha value is -2.04. The van der Waals surface area contributed by atoms with Crippen molar-refractivity contribution >= 4 is 11.9 Å². The number of hydrogen-bond donors (Lipinski definition) is 0. The summed E-state index contributed by atoms with van der Waals surface area (Å²) < 4.78 is 11.8. The quantitative estimate of drug-likeness (QED) is 0.591. The number of aromatic nitrogens is 1. The summed E-state index contributed by atoms with van der Waals surface area (Å²) in [6, 6.07) is 1.76. The molecule has 0 N–H and O–H groups in total. The molecule has 0 aliphatic heterocycles. The van der Waals surface area contributed by atoms with Crippen LogP contribution in [0.1, 0.15) is 25.5 Å². The Balaban J connectivity index is 2.94. The van der Waals surface area contributed by atoms with E-state index in [1.807, 2.05) is 7.05 Å². The van der Waals surface area contributed by atoms with Gasteiger partial charge in [-0.1, -0.05) is 6.58 Å². The predicted molar refractivity (Wildman–Crippen MR) is 65.7 cm³/mol. The van der Waals surface area contributed by atoms with E-state index >= 15 is 0 Å². The van der Waals surface area contributed by atoms with Crippen molar-refractivity contribution < 1.29 is 19.1 Å². The minimum Gasteiger partial charge on any atom is -0.463 e. The minimum absolute atomic E-state index is 0.109. The van der Waals surface area contributed by atoms with Crippen LogP contribution < -0.4 is 0 Å². The molecule has 1 heterocycles. The van der Waals surface area contributed by atoms with Gasteiger partial charge in [0.05, 0.1) is 12.2 Å². The van der Waals surface area contributed by atoms with Crippen LogP contribution in [0.25, 0.3) is 0 Å². The molecule has 1 unspecified atom stereocenters. The summed E-state index contributed by atoms with van der Waals surface area (Å²) in [5, 5.41) is 0. The smallest absolute Gasteiger partial charge is 0.337 e. The van der Waals surface area contributed by atoms with Gasteiger partial charge in [0, 0.05) is 31.9 Å². The summed E-state index contributed by atoms with van der Waals surface area (Å²) in [4.78, 5) is 22.7. The SMILES string of the molecule is C=C(C(=O)OCC)C(OC(C)=O)c1ccn(C)c1. The fraction of sp³-hybridized carbons (Fsp3) is 0.385. The molecule has 0 aliphatic carbocycles. The Morgan fingerprint density at radius 3 is 2.61 bits per heavy atom. The maximum Gasteiger partial charge on any atom is 0.337 e. The zero-order valence-corrected chi connectivity index (χ0v) is 10.8. The predicted octanol–water partition coefficient (Wildman–Crippen LogP) is 1.75. The third-order valence-corrected chi connectivity index (χ3v) is 2.30. The summed E-state index contributed by atoms with van der Waals surface area (Å²) in [6.45, 7) is 6.89. The lowest BCUT2D eigenvalue weighted by Gasteiger charge is -2.17. The van der Waals surface area contributed by atoms with E-state index in [1.54, 1.807) is 30.0 Å². The van der Waals surface area contributed by atoms with Gasteiger partial charge in [0.15, 0.2) is 6.10 Å². The molecular weight excluding hydrogens is 234 g/mol. The summed E-state index contributed by atoms with van der Waals surface area (Å²) >= 11 is 0. The first-order valence-corrected chi connectivity index (χ1v) is 5.60. The van der Waals surface area contributed by atoms with Crippen LogP contribution in [0, 0.1) is 0 Å². The van der Waals surface area contributed by atoms with Crippen molar-refractivity contribution in [3.63, 3.8) is 0 Å². The zero-order valence-electron chi connectivity index (χ0n) is 10.8. The minimum atomic E-state index is -0.803. The highest BCUT2D eigenvalue weighted by Crippen LogP contribution is 2.26. The van der Waals surface area contributed by atoms with Gasteiger partial charge in [-0.2, -0.15) is 0 Å². The van der Waals surface area contributed by atoms with Gasteiger partial charge in [0.1, 0.15) is 0 Å². The summed E-state index contributed by atoms with van der Waals surface area (Å²) in [5.74, 6) is -1.04. The Morgan fingerprint density at radius 2 is 2.17 bits per heavy atom. The van der Waals surface area contributed by atoms with Crippen LogP contribution in [-0.2, 0) is 26.1 Å². The van der Waals surface area contributed by atoms with Crippen LogP contribution >= 0.6 is 0 Å². The zero-order chi connectivity index (χ0) is 13.7. The van der Waals surface area contributed by atoms with Crippen molar-refractivity contribution in [1.82, 2.24) is 4.57 Å². The molecule has 1 rings (SSSR count). The molecule has 0 spiro atoms. The third kappa shape index (κ3) is 3.48. The topological polar surface area (TPSA) is 57.5 Å². The lowest BCUT2D eigenvalue weighted by Crippen LogP contribution is -2.18. The van der Waals surface area contributed by atoms with Crippen LogP contribution in [0.5, 0.6) is 0 Å². The molecule has 18 heavy (non-hydrogen) atoms. The molecule has 98 valence electrons. The van der Waals surface area contributed by atoms with Crippen LogP contribution in [0.4, 0.5) is 0 Å². The largest absolute Gasteiger partial charge is 0.463 e. The number of ether oxygens (including phenoxy) is 2. The highest BCUT2D eigenvalue weighted by atomic mass is 16.6. The first kappa shape index (κ1) is 14.0. The molecule has 0 aliphatic rings. The van der Waals surface area contributed by atoms with Crippen LogP contribution in [-0.4, -0.2) is 23.1 Å². The highest BCUT2D eigenvalue weighted by Gasteiger charge is 2.25. The van der Waals surface area contributed by atoms with Gasteiger partial charge in [-0.05, 0) is 13.0 Å². The van der Waals surface area contributed by atoms with Crippen LogP contribution in [0.3, 0.4) is 0 Å². The molecule has 0 fully saturated rings.